The van der Waals surface area contributed by atoms with Gasteiger partial charge in [0, 0.05) is 19.2 Å². The molecule has 0 aromatic heterocycles. The van der Waals surface area contributed by atoms with Gasteiger partial charge in [-0.1, -0.05) is 12.1 Å². The molecule has 0 bridgehead atoms. The number of para-hydroxylation sites is 2. The van der Waals surface area contributed by atoms with Gasteiger partial charge >= 0.3 is 0 Å². The summed E-state index contributed by atoms with van der Waals surface area (Å²) in [4.78, 5) is 13.9. The van der Waals surface area contributed by atoms with Crippen LogP contribution in [0.25, 0.3) is 0 Å². The van der Waals surface area contributed by atoms with Gasteiger partial charge < -0.3 is 19.1 Å². The highest BCUT2D eigenvalue weighted by Gasteiger charge is 2.30. The molecule has 0 N–H and O–H groups in total. The van der Waals surface area contributed by atoms with E-state index in [1.54, 1.807) is 30.7 Å². The Morgan fingerprint density at radius 2 is 2.14 bits per heavy atom. The average molecular weight is 341 g/mol. The Bertz CT molecular complexity index is 538. The van der Waals surface area contributed by atoms with Crippen LogP contribution in [0.2, 0.25) is 0 Å². The van der Waals surface area contributed by atoms with Gasteiger partial charge in [-0.05, 0) is 24.4 Å². The molecule has 1 amide bonds. The van der Waals surface area contributed by atoms with Gasteiger partial charge in [-0.2, -0.15) is 0 Å². The van der Waals surface area contributed by atoms with Crippen LogP contribution >= 0.6 is 24.0 Å². The van der Waals surface area contributed by atoms with Crippen molar-refractivity contribution >= 4 is 34.9 Å². The lowest BCUT2D eigenvalue weighted by Crippen LogP contribution is -2.40. The Labute approximate surface area is 139 Å². The van der Waals surface area contributed by atoms with E-state index in [-0.39, 0.29) is 17.9 Å². The highest BCUT2D eigenvalue weighted by Crippen LogP contribution is 2.29. The zero-order valence-corrected chi connectivity index (χ0v) is 14.2. The molecular formula is C15H19NO4S2. The number of amides is 1. The molecule has 0 unspecified atom stereocenters. The lowest BCUT2D eigenvalue weighted by Gasteiger charge is -2.24. The predicted molar refractivity (Wildman–Crippen MR) is 90.7 cm³/mol. The van der Waals surface area contributed by atoms with Gasteiger partial charge in [0.25, 0.3) is 5.91 Å². The second-order valence-corrected chi connectivity index (χ2v) is 6.52. The van der Waals surface area contributed by atoms with E-state index in [1.807, 2.05) is 24.3 Å². The molecule has 0 saturated carbocycles. The molecule has 0 radical (unpaired) electrons. The minimum atomic E-state index is -0.0668. The van der Waals surface area contributed by atoms with E-state index in [0.717, 1.165) is 5.75 Å². The number of methoxy groups -OCH3 is 1. The highest BCUT2D eigenvalue weighted by atomic mass is 32.2. The van der Waals surface area contributed by atoms with Gasteiger partial charge in [0.1, 0.15) is 12.0 Å². The Balaban J connectivity index is 1.91. The molecule has 1 heterocycles. The summed E-state index contributed by atoms with van der Waals surface area (Å²) in [6.07, 6.45) is 0. The van der Waals surface area contributed by atoms with Crippen LogP contribution in [0.3, 0.4) is 0 Å². The lowest BCUT2D eigenvalue weighted by molar-refractivity contribution is -0.134. The van der Waals surface area contributed by atoms with Crippen LogP contribution in [-0.4, -0.2) is 53.9 Å². The summed E-state index contributed by atoms with van der Waals surface area (Å²) in [5, 5.41) is 0.355. The number of nitrogens with zero attached hydrogens (tertiary/aromatic N) is 1. The quantitative estimate of drug-likeness (QED) is 0.740. The smallest absolute Gasteiger partial charge is 0.261 e. The predicted octanol–water partition coefficient (Wildman–Crippen LogP) is 2.34. The molecule has 7 heteroatoms. The number of carbonyl (C=O) groups excluding carboxylic acids is 1. The van der Waals surface area contributed by atoms with Gasteiger partial charge in [0.05, 0.1) is 7.11 Å². The molecule has 1 fully saturated rings. The number of hydrogen-bond acceptors (Lipinski definition) is 6. The Morgan fingerprint density at radius 1 is 1.41 bits per heavy atom. The molecule has 1 aromatic carbocycles. The van der Waals surface area contributed by atoms with Crippen molar-refractivity contribution in [1.82, 2.24) is 4.90 Å². The van der Waals surface area contributed by atoms with Crippen molar-refractivity contribution in [2.75, 3.05) is 32.6 Å². The van der Waals surface area contributed by atoms with Crippen LogP contribution in [0.15, 0.2) is 24.3 Å². The first-order chi connectivity index (χ1) is 10.6. The molecule has 2 rings (SSSR count). The van der Waals surface area contributed by atoms with Crippen LogP contribution in [0, 0.1) is 0 Å². The van der Waals surface area contributed by atoms with E-state index in [1.165, 1.54) is 0 Å². The second-order valence-electron chi connectivity index (χ2n) is 4.65. The van der Waals surface area contributed by atoms with Gasteiger partial charge in [0.15, 0.2) is 23.2 Å². The molecule has 1 aliphatic heterocycles. The normalized spacial score (nSPS) is 17.2. The molecule has 0 spiro atoms. The lowest BCUT2D eigenvalue weighted by atomic mass is 10.3. The number of benzene rings is 1. The van der Waals surface area contributed by atoms with Gasteiger partial charge in [-0.15, -0.1) is 11.8 Å². The number of carbonyl (C=O) groups is 1. The van der Waals surface area contributed by atoms with Gasteiger partial charge in [0.2, 0.25) is 0 Å². The number of ether oxygens (including phenoxy) is 3. The fourth-order valence-corrected chi connectivity index (χ4v) is 3.29. The average Bonchev–Trinajstić information content (AvgIpc) is 2.99. The maximum absolute atomic E-state index is 12.1. The summed E-state index contributed by atoms with van der Waals surface area (Å²) < 4.78 is 16.2. The molecule has 1 atom stereocenters. The molecule has 1 aliphatic rings. The summed E-state index contributed by atoms with van der Waals surface area (Å²) in [5.74, 6) is 2.18. The van der Waals surface area contributed by atoms with Gasteiger partial charge in [-0.3, -0.25) is 4.79 Å². The van der Waals surface area contributed by atoms with Crippen molar-refractivity contribution in [3.05, 3.63) is 24.3 Å². The van der Waals surface area contributed by atoms with Crippen LogP contribution in [0.1, 0.15) is 6.92 Å². The van der Waals surface area contributed by atoms with E-state index in [2.05, 4.69) is 0 Å². The summed E-state index contributed by atoms with van der Waals surface area (Å²) in [6.45, 7) is 2.75. The van der Waals surface area contributed by atoms with Crippen molar-refractivity contribution in [2.24, 2.45) is 0 Å². The van der Waals surface area contributed by atoms with Crippen LogP contribution < -0.4 is 9.47 Å². The zero-order chi connectivity index (χ0) is 15.9. The monoisotopic (exact) mass is 341 g/mol. The third kappa shape index (κ3) is 4.51. The van der Waals surface area contributed by atoms with E-state index in [0.29, 0.717) is 29.7 Å². The van der Waals surface area contributed by atoms with E-state index in [4.69, 9.17) is 26.4 Å². The van der Waals surface area contributed by atoms with E-state index < -0.39 is 0 Å². The highest BCUT2D eigenvalue weighted by molar-refractivity contribution is 8.00. The van der Waals surface area contributed by atoms with Crippen molar-refractivity contribution in [3.8, 4) is 11.5 Å². The van der Waals surface area contributed by atoms with Gasteiger partial charge in [-0.25, -0.2) is 0 Å². The Kier molecular flexibility index (Phi) is 6.33. The first-order valence-corrected chi connectivity index (χ1v) is 8.37. The SMILES string of the molecule is COc1ccccc1OC[C@@H]1SCCN1C(=O)COC(C)=S. The molecule has 5 nitrogen and oxygen atoms in total. The Hall–Kier alpha value is -1.47. The van der Waals surface area contributed by atoms with E-state index in [9.17, 15) is 4.79 Å². The Morgan fingerprint density at radius 3 is 2.82 bits per heavy atom. The number of rotatable bonds is 6. The van der Waals surface area contributed by atoms with Crippen molar-refractivity contribution in [2.45, 2.75) is 12.3 Å². The van der Waals surface area contributed by atoms with E-state index >= 15 is 0 Å². The number of thioether (sulfide) groups is 1. The first-order valence-electron chi connectivity index (χ1n) is 6.92. The topological polar surface area (TPSA) is 48.0 Å². The molecule has 22 heavy (non-hydrogen) atoms. The van der Waals surface area contributed by atoms with Crippen LogP contribution in [0.4, 0.5) is 0 Å². The summed E-state index contributed by atoms with van der Waals surface area (Å²) >= 11 is 6.52. The van der Waals surface area contributed by atoms with Crippen molar-refractivity contribution < 1.29 is 19.0 Å². The summed E-state index contributed by atoms with van der Waals surface area (Å²) in [5.41, 5.74) is 0. The molecule has 1 aromatic rings. The van der Waals surface area contributed by atoms with Crippen LogP contribution in [-0.2, 0) is 9.53 Å². The molecule has 120 valence electrons. The summed E-state index contributed by atoms with van der Waals surface area (Å²) in [6, 6.07) is 7.47. The third-order valence-corrected chi connectivity index (χ3v) is 4.47. The maximum Gasteiger partial charge on any atom is 0.261 e. The third-order valence-electron chi connectivity index (χ3n) is 3.16. The minimum absolute atomic E-state index is 0.0128. The fourth-order valence-electron chi connectivity index (χ4n) is 2.09. The standard InChI is InChI=1S/C15H19NO4S2/c1-11(21)19-9-14(17)16-7-8-22-15(16)10-20-13-6-4-3-5-12(13)18-2/h3-6,15H,7-10H2,1-2H3/t15-/m0/s1. The second kappa shape index (κ2) is 8.24. The largest absolute Gasteiger partial charge is 0.493 e. The zero-order valence-electron chi connectivity index (χ0n) is 12.6. The van der Waals surface area contributed by atoms with Crippen molar-refractivity contribution in [1.29, 1.82) is 0 Å². The molecule has 0 aliphatic carbocycles. The maximum atomic E-state index is 12.1. The van der Waals surface area contributed by atoms with Crippen molar-refractivity contribution in [3.63, 3.8) is 0 Å². The van der Waals surface area contributed by atoms with Crippen LogP contribution in [0.5, 0.6) is 11.5 Å². The number of thiocarbonyl (C=S) groups is 1. The fraction of sp³-hybridized carbons (Fsp3) is 0.467. The first kappa shape index (κ1) is 16.9. The summed E-state index contributed by atoms with van der Waals surface area (Å²) in [7, 11) is 1.60. The molecule has 1 saturated heterocycles. The molecular weight excluding hydrogens is 322 g/mol. The number of hydrogen-bond donors (Lipinski definition) is 0. The minimum Gasteiger partial charge on any atom is -0.493 e.